The van der Waals surface area contributed by atoms with Crippen LogP contribution in [0.4, 0.5) is 5.69 Å². The van der Waals surface area contributed by atoms with Gasteiger partial charge >= 0.3 is 0 Å². The van der Waals surface area contributed by atoms with Gasteiger partial charge in [-0.2, -0.15) is 0 Å². The van der Waals surface area contributed by atoms with Crippen molar-refractivity contribution in [3.63, 3.8) is 0 Å². The number of amides is 2. The van der Waals surface area contributed by atoms with E-state index in [4.69, 9.17) is 4.52 Å². The topological polar surface area (TPSA) is 90.7 Å². The summed E-state index contributed by atoms with van der Waals surface area (Å²) in [5.74, 6) is 0.504. The Kier molecular flexibility index (Phi) is 8.06. The number of anilines is 1. The first-order chi connectivity index (χ1) is 16.6. The molecule has 0 saturated carbocycles. The van der Waals surface area contributed by atoms with Crippen molar-refractivity contribution in [2.45, 2.75) is 19.9 Å². The number of hydrogen-bond acceptors (Lipinski definition) is 6. The number of carbonyl (C=O) groups excluding carboxylic acids is 2. The summed E-state index contributed by atoms with van der Waals surface area (Å²) in [6.07, 6.45) is 0.753. The standard InChI is InChI=1S/C26H31N5O3/c1-20-17-22(29-34-20)18-30-13-15-31(16-14-30)19-25(32)28-24-10-6-5-9-23(24)26(33)27-12-11-21-7-3-2-4-8-21/h2-10,17H,11-16,18-19H2,1H3,(H,27,33)(H,28,32). The highest BCUT2D eigenvalue weighted by Gasteiger charge is 2.21. The first kappa shape index (κ1) is 23.7. The second-order valence-corrected chi connectivity index (χ2v) is 8.57. The predicted molar refractivity (Wildman–Crippen MR) is 131 cm³/mol. The van der Waals surface area contributed by atoms with Gasteiger partial charge in [0.05, 0.1) is 23.5 Å². The first-order valence-electron chi connectivity index (χ1n) is 11.6. The van der Waals surface area contributed by atoms with Crippen LogP contribution < -0.4 is 10.6 Å². The maximum atomic E-state index is 12.7. The molecule has 8 nitrogen and oxygen atoms in total. The van der Waals surface area contributed by atoms with E-state index < -0.39 is 0 Å². The lowest BCUT2D eigenvalue weighted by molar-refractivity contribution is -0.117. The van der Waals surface area contributed by atoms with Gasteiger partial charge in [0.2, 0.25) is 5.91 Å². The second-order valence-electron chi connectivity index (χ2n) is 8.57. The number of aryl methyl sites for hydroxylation is 1. The lowest BCUT2D eigenvalue weighted by atomic mass is 10.1. The molecule has 1 saturated heterocycles. The van der Waals surface area contributed by atoms with Crippen molar-refractivity contribution in [1.82, 2.24) is 20.3 Å². The number of hydrogen-bond donors (Lipinski definition) is 2. The molecular weight excluding hydrogens is 430 g/mol. The van der Waals surface area contributed by atoms with Crippen LogP contribution >= 0.6 is 0 Å². The van der Waals surface area contributed by atoms with E-state index in [0.29, 0.717) is 24.3 Å². The zero-order chi connectivity index (χ0) is 23.8. The molecule has 0 atom stereocenters. The van der Waals surface area contributed by atoms with Crippen LogP contribution in [0, 0.1) is 6.92 Å². The molecule has 8 heteroatoms. The SMILES string of the molecule is Cc1cc(CN2CCN(CC(=O)Nc3ccccc3C(=O)NCCc3ccccc3)CC2)no1. The van der Waals surface area contributed by atoms with E-state index >= 15 is 0 Å². The third-order valence-corrected chi connectivity index (χ3v) is 5.88. The molecule has 2 aromatic carbocycles. The quantitative estimate of drug-likeness (QED) is 0.509. The van der Waals surface area contributed by atoms with E-state index in [0.717, 1.165) is 50.6 Å². The molecular formula is C26H31N5O3. The van der Waals surface area contributed by atoms with E-state index in [1.165, 1.54) is 5.56 Å². The molecule has 0 bridgehead atoms. The molecule has 2 amide bonds. The molecule has 0 aliphatic carbocycles. The van der Waals surface area contributed by atoms with Crippen LogP contribution in [-0.2, 0) is 17.8 Å². The Hall–Kier alpha value is -3.49. The van der Waals surface area contributed by atoms with Crippen molar-refractivity contribution in [2.24, 2.45) is 0 Å². The maximum Gasteiger partial charge on any atom is 0.253 e. The minimum atomic E-state index is -0.191. The van der Waals surface area contributed by atoms with Gasteiger partial charge in [-0.25, -0.2) is 0 Å². The van der Waals surface area contributed by atoms with Crippen LogP contribution in [0.2, 0.25) is 0 Å². The third-order valence-electron chi connectivity index (χ3n) is 5.88. The summed E-state index contributed by atoms with van der Waals surface area (Å²) in [5.41, 5.74) is 3.10. The summed E-state index contributed by atoms with van der Waals surface area (Å²) in [6, 6.07) is 19.1. The van der Waals surface area contributed by atoms with E-state index in [1.807, 2.05) is 49.4 Å². The number of piperazine rings is 1. The fourth-order valence-electron chi connectivity index (χ4n) is 4.07. The first-order valence-corrected chi connectivity index (χ1v) is 11.6. The van der Waals surface area contributed by atoms with Crippen molar-refractivity contribution >= 4 is 17.5 Å². The molecule has 1 aliphatic rings. The van der Waals surface area contributed by atoms with E-state index in [1.54, 1.807) is 18.2 Å². The molecule has 2 heterocycles. The molecule has 1 fully saturated rings. The van der Waals surface area contributed by atoms with Gasteiger partial charge in [-0.3, -0.25) is 19.4 Å². The zero-order valence-electron chi connectivity index (χ0n) is 19.5. The normalized spacial score (nSPS) is 14.6. The average molecular weight is 462 g/mol. The van der Waals surface area contributed by atoms with Crippen molar-refractivity contribution in [3.05, 3.63) is 83.2 Å². The fourth-order valence-corrected chi connectivity index (χ4v) is 4.07. The van der Waals surface area contributed by atoms with E-state index in [-0.39, 0.29) is 11.8 Å². The summed E-state index contributed by atoms with van der Waals surface area (Å²) in [6.45, 7) is 6.78. The maximum absolute atomic E-state index is 12.7. The van der Waals surface area contributed by atoms with Gasteiger partial charge in [-0.15, -0.1) is 0 Å². The Morgan fingerprint density at radius 2 is 1.68 bits per heavy atom. The molecule has 1 aliphatic heterocycles. The molecule has 4 rings (SSSR count). The number of para-hydroxylation sites is 1. The largest absolute Gasteiger partial charge is 0.361 e. The van der Waals surface area contributed by atoms with Crippen LogP contribution in [0.1, 0.15) is 27.4 Å². The number of benzene rings is 2. The summed E-state index contributed by atoms with van der Waals surface area (Å²) >= 11 is 0. The molecule has 2 N–H and O–H groups in total. The van der Waals surface area contributed by atoms with E-state index in [9.17, 15) is 9.59 Å². The average Bonchev–Trinajstić information content (AvgIpc) is 3.25. The Morgan fingerprint density at radius 3 is 2.41 bits per heavy atom. The van der Waals surface area contributed by atoms with Crippen LogP contribution in [0.5, 0.6) is 0 Å². The van der Waals surface area contributed by atoms with Crippen molar-refractivity contribution < 1.29 is 14.1 Å². The summed E-state index contributed by atoms with van der Waals surface area (Å²) in [4.78, 5) is 29.9. The summed E-state index contributed by atoms with van der Waals surface area (Å²) < 4.78 is 5.14. The third kappa shape index (κ3) is 6.76. The smallest absolute Gasteiger partial charge is 0.253 e. The van der Waals surface area contributed by atoms with Crippen molar-refractivity contribution in [1.29, 1.82) is 0 Å². The number of nitrogens with zero attached hydrogens (tertiary/aromatic N) is 3. The van der Waals surface area contributed by atoms with Crippen LogP contribution in [0.3, 0.4) is 0 Å². The Bertz CT molecular complexity index is 1090. The second kappa shape index (κ2) is 11.6. The fraction of sp³-hybridized carbons (Fsp3) is 0.346. The Balaban J connectivity index is 1.23. The Morgan fingerprint density at radius 1 is 0.971 bits per heavy atom. The van der Waals surface area contributed by atoms with Crippen LogP contribution in [-0.4, -0.2) is 66.0 Å². The van der Waals surface area contributed by atoms with Crippen molar-refractivity contribution in [3.8, 4) is 0 Å². The highest BCUT2D eigenvalue weighted by molar-refractivity contribution is 6.04. The monoisotopic (exact) mass is 461 g/mol. The molecule has 34 heavy (non-hydrogen) atoms. The van der Waals surface area contributed by atoms with E-state index in [2.05, 4.69) is 25.6 Å². The number of nitrogens with one attached hydrogen (secondary N) is 2. The van der Waals surface area contributed by atoms with Gasteiger partial charge in [0.1, 0.15) is 5.76 Å². The molecule has 3 aromatic rings. The summed E-state index contributed by atoms with van der Waals surface area (Å²) in [5, 5.41) is 9.93. The molecule has 0 spiro atoms. The van der Waals surface area contributed by atoms with Gasteiger partial charge in [-0.05, 0) is 31.0 Å². The lowest BCUT2D eigenvalue weighted by Crippen LogP contribution is -2.48. The minimum absolute atomic E-state index is 0.120. The predicted octanol–water partition coefficient (Wildman–Crippen LogP) is 2.71. The van der Waals surface area contributed by atoms with Gasteiger partial charge in [0.15, 0.2) is 0 Å². The molecule has 0 radical (unpaired) electrons. The lowest BCUT2D eigenvalue weighted by Gasteiger charge is -2.33. The van der Waals surface area contributed by atoms with Crippen molar-refractivity contribution in [2.75, 3.05) is 44.6 Å². The highest BCUT2D eigenvalue weighted by atomic mass is 16.5. The van der Waals surface area contributed by atoms with Crippen LogP contribution in [0.15, 0.2) is 65.2 Å². The molecule has 0 unspecified atom stereocenters. The van der Waals surface area contributed by atoms with Gasteiger partial charge < -0.3 is 15.2 Å². The summed E-state index contributed by atoms with van der Waals surface area (Å²) in [7, 11) is 0. The van der Waals surface area contributed by atoms with Gasteiger partial charge in [0, 0.05) is 45.3 Å². The Labute approximate surface area is 199 Å². The van der Waals surface area contributed by atoms with Gasteiger partial charge in [-0.1, -0.05) is 47.6 Å². The van der Waals surface area contributed by atoms with Crippen LogP contribution in [0.25, 0.3) is 0 Å². The van der Waals surface area contributed by atoms with Gasteiger partial charge in [0.25, 0.3) is 5.91 Å². The highest BCUT2D eigenvalue weighted by Crippen LogP contribution is 2.15. The number of rotatable bonds is 9. The number of aromatic nitrogens is 1. The minimum Gasteiger partial charge on any atom is -0.361 e. The molecule has 178 valence electrons. The number of carbonyl (C=O) groups is 2. The zero-order valence-corrected chi connectivity index (χ0v) is 19.5. The molecule has 1 aromatic heterocycles.